The van der Waals surface area contributed by atoms with Gasteiger partial charge in [0.2, 0.25) is 5.91 Å². The minimum absolute atomic E-state index is 0.110. The largest absolute Gasteiger partial charge is 0.446 e. The molecule has 1 aromatic carbocycles. The monoisotopic (exact) mass is 532 g/mol. The van der Waals surface area contributed by atoms with Crippen LogP contribution in [0, 0.1) is 5.41 Å². The average molecular weight is 533 g/mol. The summed E-state index contributed by atoms with van der Waals surface area (Å²) in [6, 6.07) is 6.96. The van der Waals surface area contributed by atoms with Gasteiger partial charge in [-0.15, -0.1) is 0 Å². The number of benzene rings is 1. The van der Waals surface area contributed by atoms with Gasteiger partial charge in [0, 0.05) is 55.8 Å². The Bertz CT molecular complexity index is 1180. The first-order valence-corrected chi connectivity index (χ1v) is 12.7. The van der Waals surface area contributed by atoms with E-state index in [4.69, 9.17) is 10.5 Å². The molecule has 3 fully saturated rings. The first-order valence-electron chi connectivity index (χ1n) is 12.7. The second-order valence-electron chi connectivity index (χ2n) is 10.9. The van der Waals surface area contributed by atoms with E-state index < -0.39 is 17.8 Å². The molecule has 3 heterocycles. The maximum atomic E-state index is 12.9. The number of anilines is 1. The van der Waals surface area contributed by atoms with E-state index in [1.165, 1.54) is 0 Å². The molecule has 9 nitrogen and oxygen atoms in total. The van der Waals surface area contributed by atoms with Crippen LogP contribution < -0.4 is 10.6 Å². The number of aromatic nitrogens is 2. The molecule has 2 saturated heterocycles. The number of alkyl halides is 3. The number of piperazine rings is 1. The van der Waals surface area contributed by atoms with Crippen molar-refractivity contribution in [2.45, 2.75) is 57.6 Å². The lowest BCUT2D eigenvalue weighted by Crippen LogP contribution is -2.64. The summed E-state index contributed by atoms with van der Waals surface area (Å²) in [7, 11) is 0. The van der Waals surface area contributed by atoms with E-state index in [0.29, 0.717) is 24.5 Å². The maximum absolute atomic E-state index is 12.9. The maximum Gasteiger partial charge on any atom is 0.434 e. The van der Waals surface area contributed by atoms with Crippen molar-refractivity contribution in [1.82, 2.24) is 19.8 Å². The Balaban J connectivity index is 1.07. The molecule has 12 heteroatoms. The summed E-state index contributed by atoms with van der Waals surface area (Å²) < 4.78 is 44.2. The zero-order valence-electron chi connectivity index (χ0n) is 21.3. The van der Waals surface area contributed by atoms with Crippen molar-refractivity contribution in [2.24, 2.45) is 11.1 Å². The highest BCUT2D eigenvalue weighted by Crippen LogP contribution is 2.50. The Morgan fingerprint density at radius 3 is 2.32 bits per heavy atom. The molecule has 38 heavy (non-hydrogen) atoms. The number of carbonyl (C=O) groups is 2. The van der Waals surface area contributed by atoms with Crippen molar-refractivity contribution in [3.8, 4) is 0 Å². The van der Waals surface area contributed by atoms with Gasteiger partial charge >= 0.3 is 12.3 Å². The Labute approximate surface area is 218 Å². The molecule has 0 radical (unpaired) electrons. The van der Waals surface area contributed by atoms with Crippen LogP contribution in [0.3, 0.4) is 0 Å². The van der Waals surface area contributed by atoms with Crippen LogP contribution in [-0.2, 0) is 17.5 Å². The van der Waals surface area contributed by atoms with E-state index in [9.17, 15) is 22.8 Å². The quantitative estimate of drug-likeness (QED) is 0.630. The number of carbonyl (C=O) groups excluding carboxylic acids is 2. The minimum atomic E-state index is -4.54. The van der Waals surface area contributed by atoms with Gasteiger partial charge in [0.1, 0.15) is 11.9 Å². The third-order valence-corrected chi connectivity index (χ3v) is 7.79. The average Bonchev–Trinajstić information content (AvgIpc) is 2.82. The molecule has 5 rings (SSSR count). The fraction of sp³-hybridized carbons (Fsp3) is 0.538. The Morgan fingerprint density at radius 1 is 1.05 bits per heavy atom. The summed E-state index contributed by atoms with van der Waals surface area (Å²) in [5.41, 5.74) is 6.07. The van der Waals surface area contributed by atoms with Crippen LogP contribution >= 0.6 is 0 Å². The fourth-order valence-electron chi connectivity index (χ4n) is 5.82. The van der Waals surface area contributed by atoms with Gasteiger partial charge in [0.15, 0.2) is 5.69 Å². The molecule has 2 aliphatic heterocycles. The standard InChI is InChI=1S/C26H31F3N6O3/c1-16-12-35(17(2)11-34(16)22-10-31-21(9-32-22)26(27,28)29)24(37)38-20-7-25(8-20)14-33(15-25)13-18-3-5-19(6-4-18)23(30)36/h3-6,9-10,16-17,20H,7-8,11-15H2,1-2H3,(H2,30,36)/t16-,17+/m0/s1. The number of ether oxygens (including phenoxy) is 1. The van der Waals surface area contributed by atoms with Crippen LogP contribution in [0.25, 0.3) is 0 Å². The zero-order valence-corrected chi connectivity index (χ0v) is 21.3. The lowest BCUT2D eigenvalue weighted by Gasteiger charge is -2.58. The van der Waals surface area contributed by atoms with Crippen LogP contribution in [0.4, 0.5) is 23.8 Å². The molecule has 1 spiro atoms. The SMILES string of the molecule is C[C@@H]1CN(c2cnc(C(F)(F)F)cn2)[C@@H](C)CN1C(=O)OC1CC2(C1)CN(Cc1ccc(C(N)=O)cc1)C2. The van der Waals surface area contributed by atoms with E-state index in [1.807, 2.05) is 30.9 Å². The summed E-state index contributed by atoms with van der Waals surface area (Å²) in [5, 5.41) is 0. The summed E-state index contributed by atoms with van der Waals surface area (Å²) in [5.74, 6) is -0.0849. The highest BCUT2D eigenvalue weighted by atomic mass is 19.4. The van der Waals surface area contributed by atoms with E-state index in [-0.39, 0.29) is 29.7 Å². The number of nitrogens with zero attached hydrogens (tertiary/aromatic N) is 5. The van der Waals surface area contributed by atoms with Crippen molar-refractivity contribution in [2.75, 3.05) is 31.1 Å². The second kappa shape index (κ2) is 9.72. The van der Waals surface area contributed by atoms with Gasteiger partial charge in [-0.25, -0.2) is 14.8 Å². The predicted octanol–water partition coefficient (Wildman–Crippen LogP) is 3.29. The third kappa shape index (κ3) is 5.27. The topological polar surface area (TPSA) is 105 Å². The lowest BCUT2D eigenvalue weighted by molar-refractivity contribution is -0.141. The van der Waals surface area contributed by atoms with Gasteiger partial charge in [-0.3, -0.25) is 9.69 Å². The lowest BCUT2D eigenvalue weighted by atomic mass is 9.61. The minimum Gasteiger partial charge on any atom is -0.446 e. The molecule has 2 aromatic rings. The molecule has 2 atom stereocenters. The molecule has 1 aliphatic carbocycles. The number of nitrogens with two attached hydrogens (primary N) is 1. The van der Waals surface area contributed by atoms with E-state index in [0.717, 1.165) is 50.4 Å². The second-order valence-corrected chi connectivity index (χ2v) is 10.9. The highest BCUT2D eigenvalue weighted by Gasteiger charge is 2.54. The number of primary amides is 1. The van der Waals surface area contributed by atoms with Gasteiger partial charge < -0.3 is 20.3 Å². The smallest absolute Gasteiger partial charge is 0.434 e. The normalized spacial score (nSPS) is 23.6. The molecule has 2 N–H and O–H groups in total. The van der Waals surface area contributed by atoms with Crippen molar-refractivity contribution in [3.63, 3.8) is 0 Å². The third-order valence-electron chi connectivity index (χ3n) is 7.79. The van der Waals surface area contributed by atoms with Crippen LogP contribution in [0.5, 0.6) is 0 Å². The van der Waals surface area contributed by atoms with E-state index in [2.05, 4.69) is 14.9 Å². The molecular weight excluding hydrogens is 501 g/mol. The van der Waals surface area contributed by atoms with Gasteiger partial charge in [-0.1, -0.05) is 12.1 Å². The number of hydrogen-bond donors (Lipinski definition) is 1. The zero-order chi connectivity index (χ0) is 27.2. The number of rotatable bonds is 5. The van der Waals surface area contributed by atoms with Crippen molar-refractivity contribution >= 4 is 17.8 Å². The Morgan fingerprint density at radius 2 is 1.74 bits per heavy atom. The molecule has 204 valence electrons. The summed E-state index contributed by atoms with van der Waals surface area (Å²) in [4.78, 5) is 37.5. The first-order chi connectivity index (χ1) is 17.9. The Kier molecular flexibility index (Phi) is 6.70. The van der Waals surface area contributed by atoms with Gasteiger partial charge in [-0.05, 0) is 44.4 Å². The number of amides is 2. The number of hydrogen-bond acceptors (Lipinski definition) is 7. The summed E-state index contributed by atoms with van der Waals surface area (Å²) in [6.07, 6.45) is -1.46. The summed E-state index contributed by atoms with van der Waals surface area (Å²) >= 11 is 0. The van der Waals surface area contributed by atoms with Crippen LogP contribution in [0.1, 0.15) is 48.3 Å². The first kappa shape index (κ1) is 26.2. The number of halogens is 3. The molecule has 3 aliphatic rings. The van der Waals surface area contributed by atoms with Crippen molar-refractivity contribution < 1.29 is 27.5 Å². The molecule has 0 bridgehead atoms. The van der Waals surface area contributed by atoms with Gasteiger partial charge in [0.05, 0.1) is 12.4 Å². The van der Waals surface area contributed by atoms with Crippen LogP contribution in [-0.4, -0.2) is 76.1 Å². The van der Waals surface area contributed by atoms with Crippen LogP contribution in [0.15, 0.2) is 36.7 Å². The predicted molar refractivity (Wildman–Crippen MR) is 132 cm³/mol. The van der Waals surface area contributed by atoms with Gasteiger partial charge in [0.25, 0.3) is 0 Å². The van der Waals surface area contributed by atoms with Crippen LogP contribution in [0.2, 0.25) is 0 Å². The fourth-order valence-corrected chi connectivity index (χ4v) is 5.82. The van der Waals surface area contributed by atoms with E-state index >= 15 is 0 Å². The van der Waals surface area contributed by atoms with E-state index in [1.54, 1.807) is 17.0 Å². The van der Waals surface area contributed by atoms with Crippen molar-refractivity contribution in [1.29, 1.82) is 0 Å². The molecule has 1 saturated carbocycles. The summed E-state index contributed by atoms with van der Waals surface area (Å²) in [6.45, 7) is 7.27. The van der Waals surface area contributed by atoms with Crippen molar-refractivity contribution in [3.05, 3.63) is 53.5 Å². The molecular formula is C26H31F3N6O3. The van der Waals surface area contributed by atoms with Gasteiger partial charge in [-0.2, -0.15) is 13.2 Å². The Hall–Kier alpha value is -3.41. The molecule has 0 unspecified atom stereocenters. The molecule has 2 amide bonds. The number of likely N-dealkylation sites (tertiary alicyclic amines) is 1. The highest BCUT2D eigenvalue weighted by molar-refractivity contribution is 5.92. The molecule has 1 aromatic heterocycles.